The van der Waals surface area contributed by atoms with E-state index < -0.39 is 18.5 Å². The molecule has 0 amide bonds. The highest BCUT2D eigenvalue weighted by atomic mass is 16.6. The number of aliphatic hydroxyl groups is 1. The van der Waals surface area contributed by atoms with Gasteiger partial charge in [-0.25, -0.2) is 9.59 Å². The van der Waals surface area contributed by atoms with Crippen molar-refractivity contribution in [1.82, 2.24) is 0 Å². The van der Waals surface area contributed by atoms with Crippen molar-refractivity contribution >= 4 is 11.9 Å². The Morgan fingerprint density at radius 1 is 1.21 bits per heavy atom. The number of aliphatic hydroxyl groups excluding tert-OH is 1. The molecular formula is C9H14O5. The molecular weight excluding hydrogens is 188 g/mol. The van der Waals surface area contributed by atoms with Gasteiger partial charge in [0.2, 0.25) is 0 Å². The molecule has 5 heteroatoms. The van der Waals surface area contributed by atoms with Crippen LogP contribution in [-0.4, -0.2) is 36.9 Å². The molecule has 5 nitrogen and oxygen atoms in total. The van der Waals surface area contributed by atoms with Gasteiger partial charge in [-0.2, -0.15) is 0 Å². The van der Waals surface area contributed by atoms with Crippen LogP contribution >= 0.6 is 0 Å². The van der Waals surface area contributed by atoms with Gasteiger partial charge in [-0.15, -0.1) is 0 Å². The molecule has 0 aliphatic rings. The summed E-state index contributed by atoms with van der Waals surface area (Å²) in [5.74, 6) is -1.20. The second-order valence-electron chi connectivity index (χ2n) is 2.77. The lowest BCUT2D eigenvalue weighted by Crippen LogP contribution is -2.15. The summed E-state index contributed by atoms with van der Waals surface area (Å²) in [6, 6.07) is 0. The highest BCUT2D eigenvalue weighted by Crippen LogP contribution is 1.90. The van der Waals surface area contributed by atoms with Crippen LogP contribution in [0.15, 0.2) is 11.6 Å². The molecule has 0 aliphatic heterocycles. The normalized spacial score (nSPS) is 9.07. The van der Waals surface area contributed by atoms with Gasteiger partial charge >= 0.3 is 11.9 Å². The number of esters is 2. The summed E-state index contributed by atoms with van der Waals surface area (Å²) < 4.78 is 9.13. The maximum absolute atomic E-state index is 10.9. The molecule has 0 saturated carbocycles. The van der Waals surface area contributed by atoms with Crippen molar-refractivity contribution < 1.29 is 24.2 Å². The van der Waals surface area contributed by atoms with Crippen molar-refractivity contribution in [1.29, 1.82) is 0 Å². The first-order chi connectivity index (χ1) is 6.56. The topological polar surface area (TPSA) is 72.8 Å². The zero-order chi connectivity index (χ0) is 11.0. The molecule has 0 unspecified atom stereocenters. The third-order valence-electron chi connectivity index (χ3n) is 1.13. The van der Waals surface area contributed by atoms with Gasteiger partial charge in [0, 0.05) is 6.08 Å². The quantitative estimate of drug-likeness (QED) is 0.387. The van der Waals surface area contributed by atoms with Crippen LogP contribution < -0.4 is 0 Å². The molecule has 0 fully saturated rings. The molecule has 0 bridgehead atoms. The molecule has 1 N–H and O–H groups in total. The van der Waals surface area contributed by atoms with Crippen molar-refractivity contribution in [3.63, 3.8) is 0 Å². The van der Waals surface area contributed by atoms with Gasteiger partial charge in [0.25, 0.3) is 0 Å². The number of rotatable bonds is 5. The Morgan fingerprint density at radius 2 is 1.79 bits per heavy atom. The number of carbonyl (C=O) groups excluding carboxylic acids is 2. The van der Waals surface area contributed by atoms with E-state index in [9.17, 15) is 9.59 Å². The summed E-state index contributed by atoms with van der Waals surface area (Å²) in [7, 11) is 0. The van der Waals surface area contributed by atoms with Crippen molar-refractivity contribution in [3.05, 3.63) is 11.6 Å². The fourth-order valence-electron chi connectivity index (χ4n) is 0.621. The molecule has 0 aromatic heterocycles. The standard InChI is InChI=1S/C9H14O5/c1-7(2)5-8(11)13-3-4-14-9(12)6-10/h5,10H,3-4,6H2,1-2H3. The highest BCUT2D eigenvalue weighted by molar-refractivity contribution is 5.82. The zero-order valence-electron chi connectivity index (χ0n) is 8.28. The van der Waals surface area contributed by atoms with Gasteiger partial charge in [-0.05, 0) is 13.8 Å². The predicted molar refractivity (Wildman–Crippen MR) is 48.4 cm³/mol. The van der Waals surface area contributed by atoms with E-state index in [2.05, 4.69) is 9.47 Å². The first kappa shape index (κ1) is 12.6. The second-order valence-corrected chi connectivity index (χ2v) is 2.77. The van der Waals surface area contributed by atoms with E-state index in [0.29, 0.717) is 0 Å². The molecule has 0 atom stereocenters. The summed E-state index contributed by atoms with van der Waals surface area (Å²) in [6.07, 6.45) is 1.34. The zero-order valence-corrected chi connectivity index (χ0v) is 8.28. The van der Waals surface area contributed by atoms with E-state index in [1.807, 2.05) is 0 Å². The average Bonchev–Trinajstić information content (AvgIpc) is 2.10. The van der Waals surface area contributed by atoms with Gasteiger partial charge in [-0.3, -0.25) is 0 Å². The summed E-state index contributed by atoms with van der Waals surface area (Å²) in [5.41, 5.74) is 0.836. The van der Waals surface area contributed by atoms with Gasteiger partial charge in [0.1, 0.15) is 19.8 Å². The first-order valence-electron chi connectivity index (χ1n) is 4.14. The van der Waals surface area contributed by atoms with Crippen molar-refractivity contribution in [2.45, 2.75) is 13.8 Å². The first-order valence-corrected chi connectivity index (χ1v) is 4.14. The number of ether oxygens (including phenoxy) is 2. The Bertz CT molecular complexity index is 227. The Hall–Kier alpha value is -1.36. The van der Waals surface area contributed by atoms with E-state index in [1.54, 1.807) is 13.8 Å². The molecule has 80 valence electrons. The molecule has 0 spiro atoms. The SMILES string of the molecule is CC(C)=CC(=O)OCCOC(=O)CO. The number of carbonyl (C=O) groups is 2. The van der Waals surface area contributed by atoms with Crippen molar-refractivity contribution in [2.24, 2.45) is 0 Å². The Labute approximate surface area is 82.3 Å². The minimum Gasteiger partial charge on any atom is -0.460 e. The van der Waals surface area contributed by atoms with Crippen molar-refractivity contribution in [2.75, 3.05) is 19.8 Å². The maximum atomic E-state index is 10.9. The van der Waals surface area contributed by atoms with E-state index in [1.165, 1.54) is 6.08 Å². The summed E-state index contributed by atoms with van der Waals surface area (Å²) in [6.45, 7) is 2.83. The van der Waals surface area contributed by atoms with Gasteiger partial charge in [0.05, 0.1) is 0 Å². The van der Waals surface area contributed by atoms with Crippen LogP contribution in [0, 0.1) is 0 Å². The summed E-state index contributed by atoms with van der Waals surface area (Å²) in [5, 5.41) is 8.27. The largest absolute Gasteiger partial charge is 0.460 e. The highest BCUT2D eigenvalue weighted by Gasteiger charge is 2.01. The molecule has 14 heavy (non-hydrogen) atoms. The Morgan fingerprint density at radius 3 is 2.29 bits per heavy atom. The van der Waals surface area contributed by atoms with Crippen LogP contribution in [0.2, 0.25) is 0 Å². The molecule has 0 aromatic rings. The lowest BCUT2D eigenvalue weighted by Gasteiger charge is -2.03. The summed E-state index contributed by atoms with van der Waals surface area (Å²) >= 11 is 0. The molecule has 0 radical (unpaired) electrons. The number of hydrogen-bond donors (Lipinski definition) is 1. The number of allylic oxidation sites excluding steroid dienone is 1. The van der Waals surface area contributed by atoms with E-state index in [0.717, 1.165) is 5.57 Å². The van der Waals surface area contributed by atoms with Gasteiger partial charge in [0.15, 0.2) is 0 Å². The molecule has 0 aromatic carbocycles. The monoisotopic (exact) mass is 202 g/mol. The smallest absolute Gasteiger partial charge is 0.331 e. The van der Waals surface area contributed by atoms with Crippen LogP contribution in [0.4, 0.5) is 0 Å². The van der Waals surface area contributed by atoms with Gasteiger partial charge in [-0.1, -0.05) is 5.57 Å². The lowest BCUT2D eigenvalue weighted by molar-refractivity contribution is -0.151. The third kappa shape index (κ3) is 7.30. The Balaban J connectivity index is 3.51. The maximum Gasteiger partial charge on any atom is 0.331 e. The fourth-order valence-corrected chi connectivity index (χ4v) is 0.621. The fraction of sp³-hybridized carbons (Fsp3) is 0.556. The van der Waals surface area contributed by atoms with Crippen LogP contribution in [-0.2, 0) is 19.1 Å². The van der Waals surface area contributed by atoms with E-state index >= 15 is 0 Å². The summed E-state index contributed by atoms with van der Waals surface area (Å²) in [4.78, 5) is 21.3. The van der Waals surface area contributed by atoms with Gasteiger partial charge < -0.3 is 14.6 Å². The molecule has 0 aliphatic carbocycles. The van der Waals surface area contributed by atoms with Crippen LogP contribution in [0.1, 0.15) is 13.8 Å². The van der Waals surface area contributed by atoms with Crippen LogP contribution in [0.25, 0.3) is 0 Å². The van der Waals surface area contributed by atoms with E-state index in [-0.39, 0.29) is 13.2 Å². The lowest BCUT2D eigenvalue weighted by atomic mass is 10.3. The van der Waals surface area contributed by atoms with Crippen molar-refractivity contribution in [3.8, 4) is 0 Å². The second kappa shape index (κ2) is 7.08. The average molecular weight is 202 g/mol. The molecule has 0 rings (SSSR count). The Kier molecular flexibility index (Phi) is 6.39. The minimum atomic E-state index is -0.733. The molecule has 0 heterocycles. The predicted octanol–water partition coefficient (Wildman–Crippen LogP) is 0.0313. The van der Waals surface area contributed by atoms with Crippen LogP contribution in [0.5, 0.6) is 0 Å². The van der Waals surface area contributed by atoms with E-state index in [4.69, 9.17) is 5.11 Å². The molecule has 0 saturated heterocycles. The minimum absolute atomic E-state index is 0.00560. The van der Waals surface area contributed by atoms with Crippen LogP contribution in [0.3, 0.4) is 0 Å². The third-order valence-corrected chi connectivity index (χ3v) is 1.13. The number of hydrogen-bond acceptors (Lipinski definition) is 5.